The van der Waals surface area contributed by atoms with Gasteiger partial charge in [0.25, 0.3) is 0 Å². The number of benzene rings is 1. The van der Waals surface area contributed by atoms with Crippen LogP contribution in [0.25, 0.3) is 10.9 Å². The van der Waals surface area contributed by atoms with Gasteiger partial charge < -0.3 is 10.3 Å². The molecule has 3 aromatic rings. The van der Waals surface area contributed by atoms with E-state index in [4.69, 9.17) is 11.6 Å². The Bertz CT molecular complexity index is 686. The van der Waals surface area contributed by atoms with E-state index >= 15 is 0 Å². The third kappa shape index (κ3) is 2.84. The van der Waals surface area contributed by atoms with E-state index in [2.05, 4.69) is 47.6 Å². The number of hydrogen-bond donors (Lipinski definition) is 2. The van der Waals surface area contributed by atoms with E-state index in [1.54, 1.807) is 11.3 Å². The summed E-state index contributed by atoms with van der Waals surface area (Å²) in [6, 6.07) is 12.9. The fourth-order valence-electron chi connectivity index (χ4n) is 2.15. The summed E-state index contributed by atoms with van der Waals surface area (Å²) >= 11 is 7.59. The lowest BCUT2D eigenvalue weighted by atomic mass is 10.1. The molecule has 2 N–H and O–H groups in total. The molecule has 4 heteroatoms. The van der Waals surface area contributed by atoms with Crippen molar-refractivity contribution in [3.63, 3.8) is 0 Å². The second-order valence-corrected chi connectivity index (χ2v) is 6.39. The van der Waals surface area contributed by atoms with Crippen LogP contribution in [-0.2, 0) is 6.54 Å². The summed E-state index contributed by atoms with van der Waals surface area (Å²) in [6.07, 6.45) is 1.97. The van der Waals surface area contributed by atoms with E-state index in [0.29, 0.717) is 6.04 Å². The van der Waals surface area contributed by atoms with E-state index < -0.39 is 0 Å². The van der Waals surface area contributed by atoms with Gasteiger partial charge in [-0.1, -0.05) is 17.7 Å². The summed E-state index contributed by atoms with van der Waals surface area (Å²) in [7, 11) is 0. The minimum atomic E-state index is 0.319. The smallest absolute Gasteiger partial charge is 0.0931 e. The molecule has 0 fully saturated rings. The van der Waals surface area contributed by atoms with Crippen molar-refractivity contribution in [2.75, 3.05) is 0 Å². The Morgan fingerprint density at radius 1 is 1.26 bits per heavy atom. The van der Waals surface area contributed by atoms with Gasteiger partial charge in [-0.15, -0.1) is 11.3 Å². The highest BCUT2D eigenvalue weighted by molar-refractivity contribution is 7.16. The van der Waals surface area contributed by atoms with Crippen LogP contribution in [0.5, 0.6) is 0 Å². The molecule has 0 aliphatic rings. The van der Waals surface area contributed by atoms with Crippen molar-refractivity contribution in [2.24, 2.45) is 0 Å². The first kappa shape index (κ1) is 12.7. The van der Waals surface area contributed by atoms with E-state index in [9.17, 15) is 0 Å². The minimum Gasteiger partial charge on any atom is -0.361 e. The van der Waals surface area contributed by atoms with E-state index in [-0.39, 0.29) is 0 Å². The van der Waals surface area contributed by atoms with Crippen molar-refractivity contribution >= 4 is 33.8 Å². The predicted octanol–water partition coefficient (Wildman–Crippen LogP) is 4.73. The van der Waals surface area contributed by atoms with Crippen LogP contribution in [0.4, 0.5) is 0 Å². The van der Waals surface area contributed by atoms with E-state index in [1.165, 1.54) is 21.3 Å². The lowest BCUT2D eigenvalue weighted by molar-refractivity contribution is 0.583. The summed E-state index contributed by atoms with van der Waals surface area (Å²) in [5, 5.41) is 4.78. The second-order valence-electron chi connectivity index (χ2n) is 4.64. The summed E-state index contributed by atoms with van der Waals surface area (Å²) in [5.41, 5.74) is 2.48. The Morgan fingerprint density at radius 2 is 2.16 bits per heavy atom. The van der Waals surface area contributed by atoms with Crippen LogP contribution >= 0.6 is 22.9 Å². The Labute approximate surface area is 121 Å². The molecule has 2 aromatic heterocycles. The highest BCUT2D eigenvalue weighted by atomic mass is 35.5. The van der Waals surface area contributed by atoms with Crippen LogP contribution in [0.15, 0.2) is 42.6 Å². The molecule has 0 amide bonds. The molecule has 0 aliphatic carbocycles. The molecule has 0 saturated heterocycles. The first-order valence-electron chi connectivity index (χ1n) is 6.27. The van der Waals surface area contributed by atoms with Gasteiger partial charge in [0.15, 0.2) is 0 Å². The summed E-state index contributed by atoms with van der Waals surface area (Å²) in [5.74, 6) is 0. The summed E-state index contributed by atoms with van der Waals surface area (Å²) < 4.78 is 0.845. The maximum Gasteiger partial charge on any atom is 0.0931 e. The van der Waals surface area contributed by atoms with Crippen LogP contribution in [0.3, 0.4) is 0 Å². The average Bonchev–Trinajstić information content (AvgIpc) is 3.03. The normalized spacial score (nSPS) is 12.9. The largest absolute Gasteiger partial charge is 0.361 e. The van der Waals surface area contributed by atoms with E-state index in [1.807, 2.05) is 12.3 Å². The van der Waals surface area contributed by atoms with Crippen molar-refractivity contribution in [1.29, 1.82) is 0 Å². The van der Waals surface area contributed by atoms with Gasteiger partial charge in [-0.05, 0) is 48.2 Å². The van der Waals surface area contributed by atoms with Crippen molar-refractivity contribution in [3.8, 4) is 0 Å². The quantitative estimate of drug-likeness (QED) is 0.714. The van der Waals surface area contributed by atoms with Crippen molar-refractivity contribution in [1.82, 2.24) is 10.3 Å². The first-order valence-corrected chi connectivity index (χ1v) is 7.46. The monoisotopic (exact) mass is 290 g/mol. The Kier molecular flexibility index (Phi) is 3.60. The van der Waals surface area contributed by atoms with Crippen molar-refractivity contribution in [3.05, 3.63) is 57.4 Å². The standard InChI is InChI=1S/C15H15ClN2S/c1-10(14-4-5-15(16)19-14)18-9-11-2-3-13-12(8-11)6-7-17-13/h2-8,10,17-18H,9H2,1H3. The zero-order valence-electron chi connectivity index (χ0n) is 10.6. The van der Waals surface area contributed by atoms with Gasteiger partial charge in [-0.2, -0.15) is 0 Å². The number of rotatable bonds is 4. The number of aromatic nitrogens is 1. The molecule has 1 aromatic carbocycles. The Balaban J connectivity index is 1.68. The third-order valence-corrected chi connectivity index (χ3v) is 4.66. The Morgan fingerprint density at radius 3 is 2.95 bits per heavy atom. The molecule has 0 saturated carbocycles. The lowest BCUT2D eigenvalue weighted by Crippen LogP contribution is -2.16. The average molecular weight is 291 g/mol. The molecule has 98 valence electrons. The van der Waals surface area contributed by atoms with Gasteiger partial charge >= 0.3 is 0 Å². The lowest BCUT2D eigenvalue weighted by Gasteiger charge is -2.12. The first-order chi connectivity index (χ1) is 9.22. The fraction of sp³-hybridized carbons (Fsp3) is 0.200. The highest BCUT2D eigenvalue weighted by Gasteiger charge is 2.07. The molecule has 2 nitrogen and oxygen atoms in total. The van der Waals surface area contributed by atoms with Gasteiger partial charge in [0.2, 0.25) is 0 Å². The maximum absolute atomic E-state index is 5.96. The number of fused-ring (bicyclic) bond motifs is 1. The number of hydrogen-bond acceptors (Lipinski definition) is 2. The maximum atomic E-state index is 5.96. The number of aromatic amines is 1. The number of H-pyrrole nitrogens is 1. The van der Waals surface area contributed by atoms with Crippen LogP contribution in [-0.4, -0.2) is 4.98 Å². The number of nitrogens with one attached hydrogen (secondary N) is 2. The third-order valence-electron chi connectivity index (χ3n) is 3.25. The fourth-order valence-corrected chi connectivity index (χ4v) is 3.23. The zero-order chi connectivity index (χ0) is 13.2. The molecular weight excluding hydrogens is 276 g/mol. The Hall–Kier alpha value is -1.29. The van der Waals surface area contributed by atoms with Gasteiger partial charge in [0.05, 0.1) is 4.34 Å². The minimum absolute atomic E-state index is 0.319. The molecule has 0 bridgehead atoms. The van der Waals surface area contributed by atoms with Crippen molar-refractivity contribution < 1.29 is 0 Å². The molecule has 0 spiro atoms. The van der Waals surface area contributed by atoms with Gasteiger partial charge in [-0.3, -0.25) is 0 Å². The van der Waals surface area contributed by atoms with Crippen LogP contribution in [0.2, 0.25) is 4.34 Å². The predicted molar refractivity (Wildman–Crippen MR) is 82.9 cm³/mol. The zero-order valence-corrected chi connectivity index (χ0v) is 12.2. The number of thiophene rings is 1. The van der Waals surface area contributed by atoms with Crippen LogP contribution < -0.4 is 5.32 Å². The highest BCUT2D eigenvalue weighted by Crippen LogP contribution is 2.26. The molecular formula is C15H15ClN2S. The summed E-state index contributed by atoms with van der Waals surface area (Å²) in [6.45, 7) is 3.02. The van der Waals surface area contributed by atoms with Gasteiger partial charge in [0, 0.05) is 29.2 Å². The molecule has 0 radical (unpaired) electrons. The number of halogens is 1. The molecule has 1 unspecified atom stereocenters. The van der Waals surface area contributed by atoms with Crippen molar-refractivity contribution in [2.45, 2.75) is 19.5 Å². The molecule has 19 heavy (non-hydrogen) atoms. The van der Waals surface area contributed by atoms with Crippen LogP contribution in [0.1, 0.15) is 23.4 Å². The molecule has 0 aliphatic heterocycles. The molecule has 3 rings (SSSR count). The summed E-state index contributed by atoms with van der Waals surface area (Å²) in [4.78, 5) is 4.48. The SMILES string of the molecule is CC(NCc1ccc2[nH]ccc2c1)c1ccc(Cl)s1. The van der Waals surface area contributed by atoms with Gasteiger partial charge in [-0.25, -0.2) is 0 Å². The topological polar surface area (TPSA) is 27.8 Å². The van der Waals surface area contributed by atoms with E-state index in [0.717, 1.165) is 10.9 Å². The molecule has 2 heterocycles. The second kappa shape index (κ2) is 5.37. The van der Waals surface area contributed by atoms with Crippen LogP contribution in [0, 0.1) is 0 Å². The van der Waals surface area contributed by atoms with Gasteiger partial charge in [0.1, 0.15) is 0 Å². The molecule has 1 atom stereocenters.